The number of hydrogen-bond donors (Lipinski definition) is 1. The van der Waals surface area contributed by atoms with Gasteiger partial charge in [0.05, 0.1) is 12.5 Å². The molecule has 1 saturated carbocycles. The third-order valence-electron chi connectivity index (χ3n) is 8.06. The molecule has 2 atom stereocenters. The lowest BCUT2D eigenvalue weighted by molar-refractivity contribution is -0.133. The van der Waals surface area contributed by atoms with Crippen LogP contribution in [0.2, 0.25) is 0 Å². The van der Waals surface area contributed by atoms with Crippen LogP contribution in [0.25, 0.3) is 0 Å². The molecule has 2 aromatic carbocycles. The number of piperidine rings is 1. The van der Waals surface area contributed by atoms with Crippen LogP contribution in [0.3, 0.4) is 0 Å². The summed E-state index contributed by atoms with van der Waals surface area (Å²) in [6, 6.07) is 17.1. The third-order valence-corrected chi connectivity index (χ3v) is 8.06. The van der Waals surface area contributed by atoms with Gasteiger partial charge in [0.15, 0.2) is 0 Å². The monoisotopic (exact) mass is 493 g/mol. The summed E-state index contributed by atoms with van der Waals surface area (Å²) in [7, 11) is 0. The van der Waals surface area contributed by atoms with Crippen molar-refractivity contribution in [3.05, 3.63) is 71.5 Å². The Kier molecular flexibility index (Phi) is 9.13. The number of benzene rings is 2. The van der Waals surface area contributed by atoms with Crippen molar-refractivity contribution in [3.8, 4) is 0 Å². The lowest BCUT2D eigenvalue weighted by atomic mass is 9.84. The minimum Gasteiger partial charge on any atom is -0.349 e. The van der Waals surface area contributed by atoms with Crippen LogP contribution >= 0.6 is 0 Å². The molecule has 1 aliphatic carbocycles. The highest BCUT2D eigenvalue weighted by molar-refractivity contribution is 5.80. The van der Waals surface area contributed by atoms with Crippen molar-refractivity contribution in [2.45, 2.75) is 76.9 Å². The second-order valence-electron chi connectivity index (χ2n) is 10.4. The van der Waals surface area contributed by atoms with Crippen molar-refractivity contribution < 1.29 is 14.0 Å². The summed E-state index contributed by atoms with van der Waals surface area (Å²) in [4.78, 5) is 30.3. The first-order chi connectivity index (χ1) is 17.4. The lowest BCUT2D eigenvalue weighted by Crippen LogP contribution is -2.50. The van der Waals surface area contributed by atoms with E-state index in [2.05, 4.69) is 29.3 Å². The Balaban J connectivity index is 1.32. The van der Waals surface area contributed by atoms with Crippen molar-refractivity contribution >= 4 is 11.8 Å². The zero-order valence-corrected chi connectivity index (χ0v) is 21.7. The van der Waals surface area contributed by atoms with Gasteiger partial charge in [-0.15, -0.1) is 0 Å². The predicted octanol–water partition coefficient (Wildman–Crippen LogP) is 5.12. The predicted molar refractivity (Wildman–Crippen MR) is 141 cm³/mol. The number of amides is 2. The number of carbonyl (C=O) groups is 2. The molecule has 2 aromatic rings. The summed E-state index contributed by atoms with van der Waals surface area (Å²) >= 11 is 0. The van der Waals surface area contributed by atoms with Gasteiger partial charge in [-0.3, -0.25) is 9.59 Å². The summed E-state index contributed by atoms with van der Waals surface area (Å²) in [5.74, 6) is 0.199. The van der Waals surface area contributed by atoms with E-state index in [0.29, 0.717) is 19.0 Å². The normalized spacial score (nSPS) is 18.8. The molecule has 4 rings (SSSR count). The van der Waals surface area contributed by atoms with Gasteiger partial charge in [0, 0.05) is 37.6 Å². The molecule has 0 bridgehead atoms. The molecule has 6 heteroatoms. The number of rotatable bonds is 10. The highest BCUT2D eigenvalue weighted by atomic mass is 19.1. The molecule has 0 spiro atoms. The van der Waals surface area contributed by atoms with Crippen LogP contribution in [-0.2, 0) is 16.0 Å². The average Bonchev–Trinajstić information content (AvgIpc) is 2.85. The third kappa shape index (κ3) is 6.73. The fourth-order valence-electron chi connectivity index (χ4n) is 5.57. The maximum absolute atomic E-state index is 13.2. The molecule has 1 heterocycles. The van der Waals surface area contributed by atoms with Gasteiger partial charge >= 0.3 is 0 Å². The van der Waals surface area contributed by atoms with E-state index >= 15 is 0 Å². The number of hydrogen-bond acceptors (Lipinski definition) is 3. The first-order valence-electron chi connectivity index (χ1n) is 13.6. The van der Waals surface area contributed by atoms with Crippen molar-refractivity contribution in [1.82, 2.24) is 15.1 Å². The summed E-state index contributed by atoms with van der Waals surface area (Å²) in [5.41, 5.74) is 2.01. The number of halogens is 1. The Bertz CT molecular complexity index is 985. The summed E-state index contributed by atoms with van der Waals surface area (Å²) in [6.45, 7) is 6.84. The molecule has 0 radical (unpaired) electrons. The Morgan fingerprint density at radius 1 is 1.03 bits per heavy atom. The number of likely N-dealkylation sites (N-methyl/N-ethyl adjacent to an activating group) is 1. The minimum atomic E-state index is -0.280. The summed E-state index contributed by atoms with van der Waals surface area (Å²) in [6.07, 6.45) is 6.23. The van der Waals surface area contributed by atoms with Crippen LogP contribution in [0.4, 0.5) is 4.39 Å². The van der Waals surface area contributed by atoms with E-state index in [-0.39, 0.29) is 35.6 Å². The standard InChI is InChI=1S/C30H40FN3O2/c1-3-34(29(35)21-23-12-14-26(31)15-13-23)27-16-18-33(19-17-27)22(2)20-28(24-8-5-4-6-9-24)32-30(36)25-10-7-11-25/h4-6,8-9,12-15,22,25,27-28H,3,7,10-11,16-21H2,1-2H3,(H,32,36)/t22?,28-/m0/s1. The quantitative estimate of drug-likeness (QED) is 0.500. The number of nitrogens with zero attached hydrogens (tertiary/aromatic N) is 2. The van der Waals surface area contributed by atoms with Crippen molar-refractivity contribution in [2.75, 3.05) is 19.6 Å². The van der Waals surface area contributed by atoms with Gasteiger partial charge in [-0.05, 0) is 69.2 Å². The fraction of sp³-hybridized carbons (Fsp3) is 0.533. The Hall–Kier alpha value is -2.73. The first-order valence-corrected chi connectivity index (χ1v) is 13.6. The Morgan fingerprint density at radius 2 is 1.69 bits per heavy atom. The number of likely N-dealkylation sites (tertiary alicyclic amines) is 1. The molecular weight excluding hydrogens is 453 g/mol. The van der Waals surface area contributed by atoms with E-state index in [9.17, 15) is 14.0 Å². The van der Waals surface area contributed by atoms with Crippen LogP contribution < -0.4 is 5.32 Å². The molecule has 1 saturated heterocycles. The molecule has 2 amide bonds. The number of nitrogens with one attached hydrogen (secondary N) is 1. The van der Waals surface area contributed by atoms with Gasteiger partial charge in [-0.2, -0.15) is 0 Å². The van der Waals surface area contributed by atoms with E-state index in [1.54, 1.807) is 12.1 Å². The summed E-state index contributed by atoms with van der Waals surface area (Å²) < 4.78 is 13.2. The van der Waals surface area contributed by atoms with Crippen molar-refractivity contribution in [1.29, 1.82) is 0 Å². The van der Waals surface area contributed by atoms with Gasteiger partial charge in [-0.25, -0.2) is 4.39 Å². The number of carbonyl (C=O) groups excluding carboxylic acids is 2. The molecule has 5 nitrogen and oxygen atoms in total. The molecular formula is C30H40FN3O2. The average molecular weight is 494 g/mol. The van der Waals surface area contributed by atoms with E-state index in [1.807, 2.05) is 30.0 Å². The van der Waals surface area contributed by atoms with Gasteiger partial charge in [-0.1, -0.05) is 48.9 Å². The van der Waals surface area contributed by atoms with Crippen LogP contribution in [0.15, 0.2) is 54.6 Å². The van der Waals surface area contributed by atoms with Crippen LogP contribution in [0.1, 0.15) is 69.5 Å². The van der Waals surface area contributed by atoms with Gasteiger partial charge in [0.1, 0.15) is 5.82 Å². The molecule has 1 unspecified atom stereocenters. The fourth-order valence-corrected chi connectivity index (χ4v) is 5.57. The molecule has 2 fully saturated rings. The Labute approximate surface area is 215 Å². The molecule has 1 aliphatic heterocycles. The van der Waals surface area contributed by atoms with E-state index in [0.717, 1.165) is 62.7 Å². The van der Waals surface area contributed by atoms with Crippen LogP contribution in [0, 0.1) is 11.7 Å². The topological polar surface area (TPSA) is 52.7 Å². The second kappa shape index (κ2) is 12.5. The molecule has 1 N–H and O–H groups in total. The molecule has 194 valence electrons. The molecule has 2 aliphatic rings. The maximum Gasteiger partial charge on any atom is 0.227 e. The smallest absolute Gasteiger partial charge is 0.227 e. The zero-order valence-electron chi connectivity index (χ0n) is 21.7. The van der Waals surface area contributed by atoms with Crippen molar-refractivity contribution in [2.24, 2.45) is 5.92 Å². The van der Waals surface area contributed by atoms with Crippen molar-refractivity contribution in [3.63, 3.8) is 0 Å². The van der Waals surface area contributed by atoms with Gasteiger partial charge in [0.25, 0.3) is 0 Å². The second-order valence-corrected chi connectivity index (χ2v) is 10.4. The summed E-state index contributed by atoms with van der Waals surface area (Å²) in [5, 5.41) is 3.34. The highest BCUT2D eigenvalue weighted by Gasteiger charge is 2.31. The van der Waals surface area contributed by atoms with Gasteiger partial charge < -0.3 is 15.1 Å². The zero-order chi connectivity index (χ0) is 25.5. The largest absolute Gasteiger partial charge is 0.349 e. The molecule has 36 heavy (non-hydrogen) atoms. The molecule has 0 aromatic heterocycles. The highest BCUT2D eigenvalue weighted by Crippen LogP contribution is 2.29. The van der Waals surface area contributed by atoms with E-state index in [4.69, 9.17) is 0 Å². The first kappa shape index (κ1) is 26.3. The van der Waals surface area contributed by atoms with Gasteiger partial charge in [0.2, 0.25) is 11.8 Å². The Morgan fingerprint density at radius 3 is 2.28 bits per heavy atom. The van der Waals surface area contributed by atoms with E-state index < -0.39 is 0 Å². The maximum atomic E-state index is 13.2. The lowest BCUT2D eigenvalue weighted by Gasteiger charge is -2.41. The minimum absolute atomic E-state index is 0.0106. The SMILES string of the molecule is CCN(C(=O)Cc1ccc(F)cc1)C1CCN(C(C)C[C@H](NC(=O)C2CCC2)c2ccccc2)CC1. The van der Waals surface area contributed by atoms with Crippen LogP contribution in [-0.4, -0.2) is 53.3 Å². The van der Waals surface area contributed by atoms with Crippen LogP contribution in [0.5, 0.6) is 0 Å². The van der Waals surface area contributed by atoms with E-state index in [1.165, 1.54) is 12.1 Å².